The monoisotopic (exact) mass is 425 g/mol. The number of hydrogen-bond donors (Lipinski definition) is 1. The minimum absolute atomic E-state index is 0.0137. The molecule has 7 heteroatoms. The van der Waals surface area contributed by atoms with Crippen LogP contribution in [0, 0.1) is 11.6 Å². The number of hydrogen-bond acceptors (Lipinski definition) is 4. The SMILES string of the molecule is C=C1C(C(=O)NN2CCCCC2)=CN(Cc2ccc(OC)cc2)c2c(F)ccc(F)c21. The number of carbonyl (C=O) groups is 1. The average molecular weight is 425 g/mol. The molecule has 0 aromatic heterocycles. The fourth-order valence-electron chi connectivity index (χ4n) is 4.00. The quantitative estimate of drug-likeness (QED) is 0.771. The summed E-state index contributed by atoms with van der Waals surface area (Å²) in [5.74, 6) is -0.859. The van der Waals surface area contributed by atoms with E-state index < -0.39 is 11.6 Å². The highest BCUT2D eigenvalue weighted by atomic mass is 19.1. The van der Waals surface area contributed by atoms with Crippen molar-refractivity contribution in [3.05, 3.63) is 77.5 Å². The van der Waals surface area contributed by atoms with E-state index in [0.29, 0.717) is 5.75 Å². The zero-order valence-corrected chi connectivity index (χ0v) is 17.5. The molecule has 0 saturated carbocycles. The molecule has 1 fully saturated rings. The van der Waals surface area contributed by atoms with Crippen LogP contribution in [0.3, 0.4) is 0 Å². The first-order valence-corrected chi connectivity index (χ1v) is 10.3. The lowest BCUT2D eigenvalue weighted by atomic mass is 9.93. The van der Waals surface area contributed by atoms with Crippen molar-refractivity contribution in [3.63, 3.8) is 0 Å². The van der Waals surface area contributed by atoms with Gasteiger partial charge in [-0.15, -0.1) is 0 Å². The molecule has 31 heavy (non-hydrogen) atoms. The van der Waals surface area contributed by atoms with Crippen molar-refractivity contribution < 1.29 is 18.3 Å². The number of rotatable bonds is 5. The number of nitrogens with one attached hydrogen (secondary N) is 1. The minimum Gasteiger partial charge on any atom is -0.497 e. The van der Waals surface area contributed by atoms with Crippen molar-refractivity contribution in [2.24, 2.45) is 0 Å². The van der Waals surface area contributed by atoms with E-state index in [2.05, 4.69) is 12.0 Å². The first-order chi connectivity index (χ1) is 15.0. The second kappa shape index (κ2) is 8.89. The Morgan fingerprint density at radius 1 is 1.06 bits per heavy atom. The molecule has 2 heterocycles. The Balaban J connectivity index is 1.68. The number of methoxy groups -OCH3 is 1. The first-order valence-electron chi connectivity index (χ1n) is 10.3. The number of halogens is 2. The summed E-state index contributed by atoms with van der Waals surface area (Å²) in [6.45, 7) is 5.70. The van der Waals surface area contributed by atoms with Gasteiger partial charge >= 0.3 is 0 Å². The fraction of sp³-hybridized carbons (Fsp3) is 0.292. The summed E-state index contributed by atoms with van der Waals surface area (Å²) in [5.41, 5.74) is 4.23. The maximum absolute atomic E-state index is 14.8. The number of piperidine rings is 1. The van der Waals surface area contributed by atoms with E-state index in [1.165, 1.54) is 0 Å². The molecule has 0 spiro atoms. The molecule has 2 aromatic rings. The standard InChI is InChI=1S/C24H25F2N3O2/c1-16-19(24(30)27-29-12-4-3-5-13-29)15-28(14-17-6-8-18(31-2)9-7-17)23-21(26)11-10-20(25)22(16)23/h6-11,15H,1,3-5,12-14H2,2H3,(H,27,30). The second-order valence-corrected chi connectivity index (χ2v) is 7.74. The number of hydrazine groups is 1. The second-order valence-electron chi connectivity index (χ2n) is 7.74. The summed E-state index contributed by atoms with van der Waals surface area (Å²) in [6, 6.07) is 9.45. The maximum Gasteiger partial charge on any atom is 0.267 e. The van der Waals surface area contributed by atoms with Gasteiger partial charge in [0.1, 0.15) is 17.4 Å². The van der Waals surface area contributed by atoms with Gasteiger partial charge in [0.2, 0.25) is 0 Å². The molecule has 5 nitrogen and oxygen atoms in total. The zero-order valence-electron chi connectivity index (χ0n) is 17.5. The van der Waals surface area contributed by atoms with Crippen LogP contribution in [0.5, 0.6) is 5.75 Å². The molecule has 2 aromatic carbocycles. The Hall–Kier alpha value is -3.19. The number of amides is 1. The minimum atomic E-state index is -0.613. The highest BCUT2D eigenvalue weighted by Crippen LogP contribution is 2.40. The summed E-state index contributed by atoms with van der Waals surface area (Å²) in [6.07, 6.45) is 4.70. The van der Waals surface area contributed by atoms with Gasteiger partial charge in [-0.05, 0) is 48.2 Å². The van der Waals surface area contributed by atoms with Crippen LogP contribution < -0.4 is 15.1 Å². The van der Waals surface area contributed by atoms with Crippen LogP contribution in [0.4, 0.5) is 14.5 Å². The van der Waals surface area contributed by atoms with Gasteiger partial charge in [0, 0.05) is 31.4 Å². The summed E-state index contributed by atoms with van der Waals surface area (Å²) >= 11 is 0. The van der Waals surface area contributed by atoms with Gasteiger partial charge in [0.15, 0.2) is 0 Å². The smallest absolute Gasteiger partial charge is 0.267 e. The van der Waals surface area contributed by atoms with Crippen LogP contribution >= 0.6 is 0 Å². The largest absolute Gasteiger partial charge is 0.497 e. The lowest BCUT2D eigenvalue weighted by Gasteiger charge is -2.32. The molecule has 162 valence electrons. The molecular formula is C24H25F2N3O2. The van der Waals surface area contributed by atoms with Crippen molar-refractivity contribution in [1.82, 2.24) is 10.4 Å². The molecule has 1 saturated heterocycles. The highest BCUT2D eigenvalue weighted by Gasteiger charge is 2.31. The van der Waals surface area contributed by atoms with E-state index in [4.69, 9.17) is 4.74 Å². The Kier molecular flexibility index (Phi) is 6.04. The van der Waals surface area contributed by atoms with E-state index >= 15 is 0 Å². The van der Waals surface area contributed by atoms with Gasteiger partial charge in [-0.1, -0.05) is 25.1 Å². The molecule has 2 aliphatic heterocycles. The molecule has 1 N–H and O–H groups in total. The third kappa shape index (κ3) is 4.32. The summed E-state index contributed by atoms with van der Waals surface area (Å²) in [5, 5.41) is 1.87. The molecule has 0 radical (unpaired) electrons. The zero-order chi connectivity index (χ0) is 22.0. The van der Waals surface area contributed by atoms with Crippen molar-refractivity contribution in [3.8, 4) is 5.75 Å². The summed E-state index contributed by atoms with van der Waals surface area (Å²) < 4.78 is 34.7. The topological polar surface area (TPSA) is 44.8 Å². The molecular weight excluding hydrogens is 400 g/mol. The predicted octanol–water partition coefficient (Wildman–Crippen LogP) is 4.41. The van der Waals surface area contributed by atoms with Gasteiger partial charge in [-0.3, -0.25) is 10.2 Å². The Labute approximate surface area is 180 Å². The third-order valence-electron chi connectivity index (χ3n) is 5.65. The lowest BCUT2D eigenvalue weighted by molar-refractivity contribution is -0.122. The Morgan fingerprint density at radius 3 is 2.42 bits per heavy atom. The molecule has 0 unspecified atom stereocenters. The van der Waals surface area contributed by atoms with E-state index in [-0.39, 0.29) is 34.8 Å². The van der Waals surface area contributed by atoms with Crippen molar-refractivity contribution in [2.45, 2.75) is 25.8 Å². The van der Waals surface area contributed by atoms with Crippen molar-refractivity contribution >= 4 is 17.2 Å². The number of nitrogens with zero attached hydrogens (tertiary/aromatic N) is 2. The molecule has 2 aliphatic rings. The highest BCUT2D eigenvalue weighted by molar-refractivity contribution is 6.11. The molecule has 1 amide bonds. The van der Waals surface area contributed by atoms with Gasteiger partial charge < -0.3 is 9.64 Å². The average Bonchev–Trinajstić information content (AvgIpc) is 2.78. The fourth-order valence-corrected chi connectivity index (χ4v) is 4.00. The Bertz CT molecular complexity index is 1030. The van der Waals surface area contributed by atoms with Crippen molar-refractivity contribution in [2.75, 3.05) is 25.1 Å². The number of carbonyl (C=O) groups excluding carboxylic acids is 1. The number of ether oxygens (including phenoxy) is 1. The van der Waals surface area contributed by atoms with Gasteiger partial charge in [0.25, 0.3) is 5.91 Å². The third-order valence-corrected chi connectivity index (χ3v) is 5.65. The summed E-state index contributed by atoms with van der Waals surface area (Å²) in [4.78, 5) is 14.6. The van der Waals surface area contributed by atoms with Gasteiger partial charge in [0.05, 0.1) is 18.4 Å². The van der Waals surface area contributed by atoms with Crippen LogP contribution in [0.15, 0.2) is 54.8 Å². The number of fused-ring (bicyclic) bond motifs is 1. The van der Waals surface area contributed by atoms with Crippen LogP contribution in [0.1, 0.15) is 30.4 Å². The van der Waals surface area contributed by atoms with Crippen LogP contribution in [-0.4, -0.2) is 31.1 Å². The molecule has 4 rings (SSSR count). The van der Waals surface area contributed by atoms with E-state index in [1.54, 1.807) is 30.3 Å². The lowest BCUT2D eigenvalue weighted by Crippen LogP contribution is -2.46. The van der Waals surface area contributed by atoms with E-state index in [1.807, 2.05) is 17.1 Å². The maximum atomic E-state index is 14.8. The van der Waals surface area contributed by atoms with Crippen LogP contribution in [-0.2, 0) is 11.3 Å². The van der Waals surface area contributed by atoms with Crippen LogP contribution in [0.25, 0.3) is 5.57 Å². The number of anilines is 1. The predicted molar refractivity (Wildman–Crippen MR) is 116 cm³/mol. The Morgan fingerprint density at radius 2 is 1.74 bits per heavy atom. The summed E-state index contributed by atoms with van der Waals surface area (Å²) in [7, 11) is 1.58. The van der Waals surface area contributed by atoms with E-state index in [9.17, 15) is 13.6 Å². The number of benzene rings is 2. The molecule has 0 aliphatic carbocycles. The van der Waals surface area contributed by atoms with Crippen molar-refractivity contribution in [1.29, 1.82) is 0 Å². The van der Waals surface area contributed by atoms with Crippen LogP contribution in [0.2, 0.25) is 0 Å². The normalized spacial score (nSPS) is 16.5. The first kappa shape index (κ1) is 21.1. The van der Waals surface area contributed by atoms with Gasteiger partial charge in [-0.25, -0.2) is 13.8 Å². The van der Waals surface area contributed by atoms with Gasteiger partial charge in [-0.2, -0.15) is 0 Å². The molecule has 0 atom stereocenters. The van der Waals surface area contributed by atoms with E-state index in [0.717, 1.165) is 50.0 Å². The molecule has 0 bridgehead atoms.